The lowest BCUT2D eigenvalue weighted by atomic mass is 10.1. The number of carbonyl (C=O) groups excluding carboxylic acids is 1. The second kappa shape index (κ2) is 9.41. The van der Waals surface area contributed by atoms with Crippen LogP contribution in [0.1, 0.15) is 17.0 Å². The van der Waals surface area contributed by atoms with Crippen LogP contribution in [0.2, 0.25) is 5.02 Å². The van der Waals surface area contributed by atoms with E-state index >= 15 is 0 Å². The molecule has 3 rings (SSSR count). The topological polar surface area (TPSA) is 109 Å². The molecule has 148 valence electrons. The molecule has 10 heteroatoms. The van der Waals surface area contributed by atoms with E-state index in [0.717, 1.165) is 17.3 Å². The summed E-state index contributed by atoms with van der Waals surface area (Å²) < 4.78 is 18.6. The minimum atomic E-state index is -0.430. The summed E-state index contributed by atoms with van der Waals surface area (Å²) in [5.41, 5.74) is 6.79. The molecule has 1 heterocycles. The maximum atomic E-state index is 13.4. The number of hydrogen-bond donors (Lipinski definition) is 1. The molecule has 1 aromatic heterocycles. The zero-order chi connectivity index (χ0) is 20.8. The molecule has 7 nitrogen and oxygen atoms in total. The van der Waals surface area contributed by atoms with Gasteiger partial charge >= 0.3 is 6.01 Å². The van der Waals surface area contributed by atoms with Gasteiger partial charge in [-0.25, -0.2) is 4.39 Å². The molecule has 0 bridgehead atoms. The van der Waals surface area contributed by atoms with E-state index in [1.54, 1.807) is 24.3 Å². The monoisotopic (exact) mass is 431 g/mol. The third-order valence-electron chi connectivity index (χ3n) is 3.86. The lowest BCUT2D eigenvalue weighted by molar-refractivity contribution is -0.129. The molecule has 0 saturated carbocycles. The number of amides is 1. The van der Waals surface area contributed by atoms with Gasteiger partial charge in [0.25, 0.3) is 0 Å². The van der Waals surface area contributed by atoms with Crippen molar-refractivity contribution in [1.82, 2.24) is 15.1 Å². The lowest BCUT2D eigenvalue weighted by Crippen LogP contribution is -2.31. The number of rotatable bonds is 7. The second-order valence-electron chi connectivity index (χ2n) is 5.96. The molecule has 0 aliphatic heterocycles. The van der Waals surface area contributed by atoms with Crippen molar-refractivity contribution in [3.63, 3.8) is 0 Å². The number of nitriles is 1. The molecule has 2 aromatic carbocycles. The van der Waals surface area contributed by atoms with Crippen LogP contribution >= 0.6 is 23.4 Å². The van der Waals surface area contributed by atoms with Gasteiger partial charge in [-0.15, -0.1) is 16.9 Å². The van der Waals surface area contributed by atoms with Crippen LogP contribution < -0.4 is 5.73 Å². The molecular weight excluding hydrogens is 417 g/mol. The molecule has 0 unspecified atom stereocenters. The molecule has 2 N–H and O–H groups in total. The third-order valence-corrected chi connectivity index (χ3v) is 5.34. The molecule has 0 spiro atoms. The van der Waals surface area contributed by atoms with Gasteiger partial charge in [0.2, 0.25) is 11.8 Å². The summed E-state index contributed by atoms with van der Waals surface area (Å²) in [5, 5.41) is 16.7. The highest BCUT2D eigenvalue weighted by atomic mass is 35.5. The van der Waals surface area contributed by atoms with Gasteiger partial charge in [-0.2, -0.15) is 5.26 Å². The Balaban J connectivity index is 1.74. The average Bonchev–Trinajstić information content (AvgIpc) is 3.13. The number of hydrogen-bond acceptors (Lipinski definition) is 7. The Morgan fingerprint density at radius 3 is 2.66 bits per heavy atom. The first kappa shape index (κ1) is 20.6. The van der Waals surface area contributed by atoms with Crippen molar-refractivity contribution in [3.05, 3.63) is 70.3 Å². The maximum absolute atomic E-state index is 13.4. The molecule has 0 aliphatic carbocycles. The van der Waals surface area contributed by atoms with Crippen LogP contribution in [0.25, 0.3) is 0 Å². The molecule has 29 heavy (non-hydrogen) atoms. The highest BCUT2D eigenvalue weighted by molar-refractivity contribution is 8.00. The van der Waals surface area contributed by atoms with Crippen molar-refractivity contribution in [3.8, 4) is 6.07 Å². The van der Waals surface area contributed by atoms with Gasteiger partial charge in [-0.05, 0) is 35.9 Å². The predicted octanol–water partition coefficient (Wildman–Crippen LogP) is 3.64. The Morgan fingerprint density at radius 2 is 2.00 bits per heavy atom. The molecular formula is C19H15ClFN5O2S. The van der Waals surface area contributed by atoms with E-state index in [9.17, 15) is 9.18 Å². The van der Waals surface area contributed by atoms with Crippen LogP contribution in [0.5, 0.6) is 0 Å². The number of thioether (sulfide) groups is 1. The summed E-state index contributed by atoms with van der Waals surface area (Å²) in [6.07, 6.45) is 0. The van der Waals surface area contributed by atoms with Crippen molar-refractivity contribution >= 4 is 35.3 Å². The van der Waals surface area contributed by atoms with Gasteiger partial charge in [0.05, 0.1) is 29.0 Å². The van der Waals surface area contributed by atoms with Crippen molar-refractivity contribution in [2.75, 3.05) is 11.5 Å². The standard InChI is InChI=1S/C19H15ClFN5O2S/c20-15-6-5-14(21)7-16(15)29-11-18(27)26(10-17-24-25-19(23)28-17)9-13-3-1-12(8-22)2-4-13/h1-7H,9-11H2,(H2,23,25). The average molecular weight is 432 g/mol. The number of nitrogen functional groups attached to an aromatic ring is 1. The summed E-state index contributed by atoms with van der Waals surface area (Å²) in [6, 6.07) is 12.8. The van der Waals surface area contributed by atoms with Crippen LogP contribution in [0.15, 0.2) is 51.8 Å². The lowest BCUT2D eigenvalue weighted by Gasteiger charge is -2.21. The van der Waals surface area contributed by atoms with Crippen molar-refractivity contribution < 1.29 is 13.6 Å². The quantitative estimate of drug-likeness (QED) is 0.568. The van der Waals surface area contributed by atoms with Gasteiger partial charge in [0, 0.05) is 11.4 Å². The number of aromatic nitrogens is 2. The van der Waals surface area contributed by atoms with E-state index in [4.69, 9.17) is 27.0 Å². The maximum Gasteiger partial charge on any atom is 0.312 e. The van der Waals surface area contributed by atoms with Crippen LogP contribution in [0, 0.1) is 17.1 Å². The first-order chi connectivity index (χ1) is 13.9. The Bertz CT molecular complexity index is 1050. The Labute approximate surface area is 175 Å². The van der Waals surface area contributed by atoms with Gasteiger partial charge in [0.15, 0.2) is 0 Å². The summed E-state index contributed by atoms with van der Waals surface area (Å²) in [7, 11) is 0. The fourth-order valence-corrected chi connectivity index (χ4v) is 3.59. The van der Waals surface area contributed by atoms with Gasteiger partial charge in [-0.3, -0.25) is 4.79 Å². The smallest absolute Gasteiger partial charge is 0.312 e. The van der Waals surface area contributed by atoms with Gasteiger partial charge in [0.1, 0.15) is 5.82 Å². The summed E-state index contributed by atoms with van der Waals surface area (Å²) >= 11 is 7.20. The first-order valence-corrected chi connectivity index (χ1v) is 9.73. The molecule has 0 atom stereocenters. The highest BCUT2D eigenvalue weighted by Gasteiger charge is 2.19. The number of halogens is 2. The summed E-state index contributed by atoms with van der Waals surface area (Å²) in [6.45, 7) is 0.310. The largest absolute Gasteiger partial charge is 0.406 e. The van der Waals surface area contributed by atoms with Crippen LogP contribution in [-0.4, -0.2) is 26.8 Å². The molecule has 0 aliphatic rings. The predicted molar refractivity (Wildman–Crippen MR) is 106 cm³/mol. The minimum absolute atomic E-state index is 0.0308. The zero-order valence-electron chi connectivity index (χ0n) is 15.0. The van der Waals surface area contributed by atoms with E-state index in [1.165, 1.54) is 23.1 Å². The van der Waals surface area contributed by atoms with Crippen LogP contribution in [0.4, 0.5) is 10.4 Å². The molecule has 0 fully saturated rings. The molecule has 1 amide bonds. The van der Waals surface area contributed by atoms with Crippen LogP contribution in [0.3, 0.4) is 0 Å². The number of nitrogens with two attached hydrogens (primary N) is 1. The van der Waals surface area contributed by atoms with E-state index in [-0.39, 0.29) is 36.7 Å². The number of carbonyl (C=O) groups is 1. The number of nitrogens with zero attached hydrogens (tertiary/aromatic N) is 4. The van der Waals surface area contributed by atoms with E-state index in [2.05, 4.69) is 10.2 Å². The minimum Gasteiger partial charge on any atom is -0.406 e. The summed E-state index contributed by atoms with van der Waals surface area (Å²) in [4.78, 5) is 14.8. The molecule has 0 radical (unpaired) electrons. The van der Waals surface area contributed by atoms with Crippen LogP contribution in [-0.2, 0) is 17.9 Å². The Hall–Kier alpha value is -3.09. The van der Waals surface area contributed by atoms with E-state index in [0.29, 0.717) is 15.5 Å². The molecule has 0 saturated heterocycles. The number of anilines is 1. The summed E-state index contributed by atoms with van der Waals surface area (Å²) in [5.74, 6) is -0.446. The Morgan fingerprint density at radius 1 is 1.24 bits per heavy atom. The fraction of sp³-hybridized carbons (Fsp3) is 0.158. The fourth-order valence-electron chi connectivity index (χ4n) is 2.45. The van der Waals surface area contributed by atoms with Crippen molar-refractivity contribution in [2.45, 2.75) is 18.0 Å². The molecule has 3 aromatic rings. The number of benzene rings is 2. The van der Waals surface area contributed by atoms with Crippen molar-refractivity contribution in [1.29, 1.82) is 5.26 Å². The third kappa shape index (κ3) is 5.70. The van der Waals surface area contributed by atoms with E-state index in [1.807, 2.05) is 6.07 Å². The van der Waals surface area contributed by atoms with Crippen molar-refractivity contribution in [2.24, 2.45) is 0 Å². The second-order valence-corrected chi connectivity index (χ2v) is 7.38. The van der Waals surface area contributed by atoms with Gasteiger partial charge in [-0.1, -0.05) is 28.8 Å². The van der Waals surface area contributed by atoms with E-state index < -0.39 is 5.82 Å². The first-order valence-electron chi connectivity index (χ1n) is 8.37. The normalized spacial score (nSPS) is 10.5. The zero-order valence-corrected chi connectivity index (χ0v) is 16.6. The Kier molecular flexibility index (Phi) is 6.69. The SMILES string of the molecule is N#Cc1ccc(CN(Cc2nnc(N)o2)C(=O)CSc2cc(F)ccc2Cl)cc1. The highest BCUT2D eigenvalue weighted by Crippen LogP contribution is 2.28. The van der Waals surface area contributed by atoms with Gasteiger partial charge < -0.3 is 15.1 Å².